The van der Waals surface area contributed by atoms with Crippen molar-refractivity contribution in [2.75, 3.05) is 13.1 Å². The smallest absolute Gasteiger partial charge is 0.310 e. The van der Waals surface area contributed by atoms with Crippen molar-refractivity contribution in [3.05, 3.63) is 33.9 Å². The first-order chi connectivity index (χ1) is 8.49. The zero-order chi connectivity index (χ0) is 13.3. The zero-order valence-electron chi connectivity index (χ0n) is 9.98. The molecule has 1 aliphatic rings. The Bertz CT molecular complexity index is 509. The summed E-state index contributed by atoms with van der Waals surface area (Å²) in [6, 6.07) is 3.55. The fourth-order valence-corrected chi connectivity index (χ4v) is 1.97. The monoisotopic (exact) mass is 287 g/mol. The van der Waals surface area contributed by atoms with Gasteiger partial charge in [-0.15, -0.1) is 12.4 Å². The third-order valence-corrected chi connectivity index (χ3v) is 2.93. The van der Waals surface area contributed by atoms with Gasteiger partial charge in [0, 0.05) is 30.8 Å². The lowest BCUT2D eigenvalue weighted by molar-refractivity contribution is -0.385. The van der Waals surface area contributed by atoms with E-state index in [1.807, 2.05) is 0 Å². The molecule has 0 saturated carbocycles. The van der Waals surface area contributed by atoms with Gasteiger partial charge >= 0.3 is 5.69 Å². The number of rotatable bonds is 2. The zero-order valence-corrected chi connectivity index (χ0v) is 10.8. The van der Waals surface area contributed by atoms with E-state index in [1.165, 1.54) is 6.07 Å². The third kappa shape index (κ3) is 3.12. The number of nitro groups is 1. The Balaban J connectivity index is 0.00000180. The Morgan fingerprint density at radius 3 is 2.68 bits per heavy atom. The summed E-state index contributed by atoms with van der Waals surface area (Å²) in [5.74, 6) is -0.775. The van der Waals surface area contributed by atoms with Crippen molar-refractivity contribution in [1.29, 1.82) is 0 Å². The van der Waals surface area contributed by atoms with Crippen LogP contribution in [0.2, 0.25) is 0 Å². The summed E-state index contributed by atoms with van der Waals surface area (Å²) in [4.78, 5) is 23.4. The van der Waals surface area contributed by atoms with Crippen molar-refractivity contribution < 1.29 is 14.8 Å². The summed E-state index contributed by atoms with van der Waals surface area (Å²) in [6.07, 6.45) is 0.741. The van der Waals surface area contributed by atoms with Gasteiger partial charge in [-0.05, 0) is 18.6 Å². The van der Waals surface area contributed by atoms with Crippen molar-refractivity contribution in [2.45, 2.75) is 12.5 Å². The van der Waals surface area contributed by atoms with Crippen LogP contribution in [0.25, 0.3) is 0 Å². The first-order valence-electron chi connectivity index (χ1n) is 5.51. The van der Waals surface area contributed by atoms with E-state index < -0.39 is 16.4 Å². The largest absolute Gasteiger partial charge is 0.502 e. The van der Waals surface area contributed by atoms with Crippen LogP contribution in [0.4, 0.5) is 5.69 Å². The Morgan fingerprint density at radius 1 is 1.53 bits per heavy atom. The fraction of sp³-hybridized carbons (Fsp3) is 0.364. The molecule has 1 saturated heterocycles. The number of nitro benzene ring substituents is 1. The second kappa shape index (κ2) is 5.85. The molecule has 2 rings (SSSR count). The maximum atomic E-state index is 12.0. The predicted molar refractivity (Wildman–Crippen MR) is 70.5 cm³/mol. The lowest BCUT2D eigenvalue weighted by Crippen LogP contribution is -2.31. The van der Waals surface area contributed by atoms with Crippen LogP contribution in [0.1, 0.15) is 16.8 Å². The number of phenols is 1. The van der Waals surface area contributed by atoms with E-state index in [1.54, 1.807) is 4.90 Å². The van der Waals surface area contributed by atoms with Gasteiger partial charge in [0.05, 0.1) is 4.92 Å². The number of aromatic hydroxyl groups is 1. The third-order valence-electron chi connectivity index (χ3n) is 2.93. The first kappa shape index (κ1) is 15.2. The predicted octanol–water partition coefficient (Wildman–Crippen LogP) is 0.895. The molecule has 0 spiro atoms. The van der Waals surface area contributed by atoms with E-state index in [-0.39, 0.29) is 29.9 Å². The van der Waals surface area contributed by atoms with Crippen LogP contribution in [-0.2, 0) is 0 Å². The Morgan fingerprint density at radius 2 is 2.21 bits per heavy atom. The SMILES string of the molecule is Cl.NC1CCN(C(=O)c2ccc([N+](=O)[O-])c(O)c2)C1. The summed E-state index contributed by atoms with van der Waals surface area (Å²) in [6.45, 7) is 1.04. The highest BCUT2D eigenvalue weighted by Gasteiger charge is 2.25. The molecule has 1 aromatic rings. The van der Waals surface area contributed by atoms with Gasteiger partial charge in [0.25, 0.3) is 5.91 Å². The number of likely N-dealkylation sites (tertiary alicyclic amines) is 1. The molecule has 1 atom stereocenters. The van der Waals surface area contributed by atoms with E-state index in [0.29, 0.717) is 13.1 Å². The summed E-state index contributed by atoms with van der Waals surface area (Å²) in [7, 11) is 0. The lowest BCUT2D eigenvalue weighted by atomic mass is 10.1. The summed E-state index contributed by atoms with van der Waals surface area (Å²) in [5.41, 5.74) is 5.52. The van der Waals surface area contributed by atoms with Crippen LogP contribution in [-0.4, -0.2) is 40.0 Å². The molecule has 104 valence electrons. The number of amides is 1. The maximum absolute atomic E-state index is 12.0. The standard InChI is InChI=1S/C11H13N3O4.ClH/c12-8-3-4-13(6-8)11(16)7-1-2-9(14(17)18)10(15)5-7;/h1-2,5,8,15H,3-4,6,12H2;1H. The van der Waals surface area contributed by atoms with E-state index in [0.717, 1.165) is 18.6 Å². The topological polar surface area (TPSA) is 110 Å². The molecule has 1 aliphatic heterocycles. The minimum Gasteiger partial charge on any atom is -0.502 e. The van der Waals surface area contributed by atoms with Gasteiger partial charge in [0.1, 0.15) is 0 Å². The molecule has 3 N–H and O–H groups in total. The molecule has 0 radical (unpaired) electrons. The minimum atomic E-state index is -0.699. The van der Waals surface area contributed by atoms with Gasteiger partial charge in [-0.25, -0.2) is 0 Å². The van der Waals surface area contributed by atoms with Crippen LogP contribution < -0.4 is 5.73 Å². The molecule has 0 aliphatic carbocycles. The lowest BCUT2D eigenvalue weighted by Gasteiger charge is -2.15. The summed E-state index contributed by atoms with van der Waals surface area (Å²) in [5, 5.41) is 20.0. The number of halogens is 1. The highest BCUT2D eigenvalue weighted by molar-refractivity contribution is 5.95. The van der Waals surface area contributed by atoms with Gasteiger partial charge in [0.2, 0.25) is 0 Å². The molecule has 1 aromatic carbocycles. The molecular weight excluding hydrogens is 274 g/mol. The Hall–Kier alpha value is -1.86. The van der Waals surface area contributed by atoms with Crippen molar-refractivity contribution in [3.63, 3.8) is 0 Å². The summed E-state index contributed by atoms with van der Waals surface area (Å²) >= 11 is 0. The van der Waals surface area contributed by atoms with E-state index in [2.05, 4.69) is 0 Å². The number of phenolic OH excluding ortho intramolecular Hbond substituents is 1. The number of nitrogens with zero attached hydrogens (tertiary/aromatic N) is 2. The summed E-state index contributed by atoms with van der Waals surface area (Å²) < 4.78 is 0. The number of nitrogens with two attached hydrogens (primary N) is 1. The molecule has 8 heteroatoms. The van der Waals surface area contributed by atoms with E-state index in [9.17, 15) is 20.0 Å². The number of carbonyl (C=O) groups excluding carboxylic acids is 1. The normalized spacial score (nSPS) is 17.9. The van der Waals surface area contributed by atoms with Gasteiger partial charge in [-0.1, -0.05) is 0 Å². The second-order valence-electron chi connectivity index (χ2n) is 4.26. The van der Waals surface area contributed by atoms with Crippen LogP contribution in [0.15, 0.2) is 18.2 Å². The average molecular weight is 288 g/mol. The molecule has 1 fully saturated rings. The Labute approximate surface area is 115 Å². The van der Waals surface area contributed by atoms with Gasteiger partial charge < -0.3 is 15.7 Å². The van der Waals surface area contributed by atoms with Crippen LogP contribution in [0.3, 0.4) is 0 Å². The molecule has 7 nitrogen and oxygen atoms in total. The van der Waals surface area contributed by atoms with Crippen molar-refractivity contribution in [2.24, 2.45) is 5.73 Å². The minimum absolute atomic E-state index is 0. The number of hydrogen-bond donors (Lipinski definition) is 2. The molecular formula is C11H14ClN3O4. The molecule has 1 unspecified atom stereocenters. The average Bonchev–Trinajstić information content (AvgIpc) is 2.74. The number of carbonyl (C=O) groups is 1. The van der Waals surface area contributed by atoms with Gasteiger partial charge in [-0.2, -0.15) is 0 Å². The molecule has 1 heterocycles. The van der Waals surface area contributed by atoms with E-state index in [4.69, 9.17) is 5.73 Å². The van der Waals surface area contributed by atoms with Crippen LogP contribution >= 0.6 is 12.4 Å². The van der Waals surface area contributed by atoms with E-state index >= 15 is 0 Å². The van der Waals surface area contributed by atoms with Crippen molar-refractivity contribution in [3.8, 4) is 5.75 Å². The maximum Gasteiger partial charge on any atom is 0.310 e. The molecule has 1 amide bonds. The Kier molecular flexibility index (Phi) is 4.68. The van der Waals surface area contributed by atoms with Crippen molar-refractivity contribution in [1.82, 2.24) is 4.90 Å². The first-order valence-corrected chi connectivity index (χ1v) is 5.51. The fourth-order valence-electron chi connectivity index (χ4n) is 1.97. The van der Waals surface area contributed by atoms with Crippen LogP contribution in [0, 0.1) is 10.1 Å². The van der Waals surface area contributed by atoms with Gasteiger partial charge in [0.15, 0.2) is 5.75 Å². The second-order valence-corrected chi connectivity index (χ2v) is 4.26. The number of benzene rings is 1. The molecule has 0 aromatic heterocycles. The quantitative estimate of drug-likeness (QED) is 0.620. The highest BCUT2D eigenvalue weighted by atomic mass is 35.5. The molecule has 0 bridgehead atoms. The number of hydrogen-bond acceptors (Lipinski definition) is 5. The molecule has 19 heavy (non-hydrogen) atoms. The van der Waals surface area contributed by atoms with Gasteiger partial charge in [-0.3, -0.25) is 14.9 Å². The van der Waals surface area contributed by atoms with Crippen LogP contribution in [0.5, 0.6) is 5.75 Å². The van der Waals surface area contributed by atoms with Crippen molar-refractivity contribution >= 4 is 24.0 Å². The highest BCUT2D eigenvalue weighted by Crippen LogP contribution is 2.27.